The van der Waals surface area contributed by atoms with E-state index < -0.39 is 0 Å². The zero-order valence-electron chi connectivity index (χ0n) is 11.9. The second-order valence-corrected chi connectivity index (χ2v) is 4.64. The topological polar surface area (TPSA) is 47.3 Å². The summed E-state index contributed by atoms with van der Waals surface area (Å²) in [6, 6.07) is 8.43. The molecule has 104 valence electrons. The number of hydrogen-bond donors (Lipinski definition) is 2. The molecule has 1 rings (SSSR count). The highest BCUT2D eigenvalue weighted by molar-refractivity contribution is 5.26. The van der Waals surface area contributed by atoms with Crippen molar-refractivity contribution in [2.75, 3.05) is 13.7 Å². The van der Waals surface area contributed by atoms with Gasteiger partial charge in [0.25, 0.3) is 0 Å². The first-order valence-electron chi connectivity index (χ1n) is 6.75. The lowest BCUT2D eigenvalue weighted by atomic mass is 10.0. The van der Waals surface area contributed by atoms with Gasteiger partial charge in [-0.05, 0) is 17.5 Å². The zero-order valence-corrected chi connectivity index (χ0v) is 11.9. The first-order valence-corrected chi connectivity index (χ1v) is 6.75. The summed E-state index contributed by atoms with van der Waals surface area (Å²) in [5, 5.41) is 3.44. The maximum atomic E-state index is 5.87. The number of nitrogens with one attached hydrogen (secondary N) is 1. The maximum absolute atomic E-state index is 5.87. The van der Waals surface area contributed by atoms with E-state index in [0.717, 1.165) is 24.0 Å². The fourth-order valence-electron chi connectivity index (χ4n) is 2.11. The van der Waals surface area contributed by atoms with Crippen LogP contribution in [0.2, 0.25) is 0 Å². The third-order valence-electron chi connectivity index (χ3n) is 3.08. The molecule has 19 heavy (non-hydrogen) atoms. The highest BCUT2D eigenvalue weighted by atomic mass is 16.5. The van der Waals surface area contributed by atoms with E-state index >= 15 is 0 Å². The predicted octanol–water partition coefficient (Wildman–Crippen LogP) is 2.22. The van der Waals surface area contributed by atoms with Gasteiger partial charge in [-0.2, -0.15) is 0 Å². The zero-order chi connectivity index (χ0) is 14.1. The number of hydrogen-bond acceptors (Lipinski definition) is 3. The third-order valence-corrected chi connectivity index (χ3v) is 3.08. The van der Waals surface area contributed by atoms with Crippen LogP contribution in [-0.2, 0) is 11.3 Å². The van der Waals surface area contributed by atoms with Crippen molar-refractivity contribution in [3.63, 3.8) is 0 Å². The van der Waals surface area contributed by atoms with Gasteiger partial charge in [-0.1, -0.05) is 43.5 Å². The number of terminal acetylenes is 1. The molecule has 0 saturated carbocycles. The van der Waals surface area contributed by atoms with Gasteiger partial charge in [0, 0.05) is 19.7 Å². The van der Waals surface area contributed by atoms with E-state index in [1.165, 1.54) is 0 Å². The summed E-state index contributed by atoms with van der Waals surface area (Å²) in [5.74, 6) is 2.79. The third kappa shape index (κ3) is 5.04. The fraction of sp³-hybridized carbons (Fsp3) is 0.500. The molecular formula is C16H24N2O. The number of methoxy groups -OCH3 is 1. The van der Waals surface area contributed by atoms with Gasteiger partial charge in [-0.25, -0.2) is 0 Å². The van der Waals surface area contributed by atoms with Gasteiger partial charge in [0.2, 0.25) is 0 Å². The largest absolute Gasteiger partial charge is 0.380 e. The molecule has 2 unspecified atom stereocenters. The molecule has 0 aliphatic carbocycles. The van der Waals surface area contributed by atoms with E-state index in [4.69, 9.17) is 16.9 Å². The Bertz CT molecular complexity index is 411. The van der Waals surface area contributed by atoms with Crippen molar-refractivity contribution in [3.8, 4) is 12.3 Å². The van der Waals surface area contributed by atoms with Gasteiger partial charge < -0.3 is 10.5 Å². The monoisotopic (exact) mass is 260 g/mol. The minimum atomic E-state index is 0.0737. The average Bonchev–Trinajstić information content (AvgIpc) is 2.44. The van der Waals surface area contributed by atoms with Crippen molar-refractivity contribution < 1.29 is 4.74 Å². The summed E-state index contributed by atoms with van der Waals surface area (Å²) in [7, 11) is 1.70. The standard InChI is InChI=1S/C16H24N2O/c1-4-7-15(5-2)18-16(11-17)14-9-6-8-13(10-14)12-19-3/h2,6,8-10,15-16,18H,4,7,11-12,17H2,1,3H3. The summed E-state index contributed by atoms with van der Waals surface area (Å²) >= 11 is 0. The van der Waals surface area contributed by atoms with Crippen molar-refractivity contribution in [2.45, 2.75) is 38.5 Å². The number of benzene rings is 1. The Morgan fingerprint density at radius 1 is 1.47 bits per heavy atom. The van der Waals surface area contributed by atoms with E-state index in [1.807, 2.05) is 12.1 Å². The van der Waals surface area contributed by atoms with Crippen LogP contribution in [0.25, 0.3) is 0 Å². The van der Waals surface area contributed by atoms with Gasteiger partial charge in [0.15, 0.2) is 0 Å². The second kappa shape index (κ2) is 8.71. The van der Waals surface area contributed by atoms with Crippen LogP contribution < -0.4 is 11.1 Å². The molecule has 1 aromatic rings. The Morgan fingerprint density at radius 3 is 2.84 bits per heavy atom. The Morgan fingerprint density at radius 2 is 2.26 bits per heavy atom. The number of nitrogens with two attached hydrogens (primary N) is 1. The van der Waals surface area contributed by atoms with E-state index in [1.54, 1.807) is 7.11 Å². The Labute approximate surface area is 116 Å². The van der Waals surface area contributed by atoms with Gasteiger partial charge in [0.1, 0.15) is 0 Å². The van der Waals surface area contributed by atoms with Crippen LogP contribution in [0.5, 0.6) is 0 Å². The maximum Gasteiger partial charge on any atom is 0.0713 e. The Hall–Kier alpha value is -1.34. The van der Waals surface area contributed by atoms with E-state index in [-0.39, 0.29) is 12.1 Å². The molecule has 0 bridgehead atoms. The van der Waals surface area contributed by atoms with Crippen molar-refractivity contribution in [2.24, 2.45) is 5.73 Å². The predicted molar refractivity (Wildman–Crippen MR) is 79.6 cm³/mol. The van der Waals surface area contributed by atoms with Gasteiger partial charge in [-0.15, -0.1) is 6.42 Å². The van der Waals surface area contributed by atoms with Gasteiger partial charge in [0.05, 0.1) is 12.6 Å². The molecule has 0 spiro atoms. The van der Waals surface area contributed by atoms with Crippen molar-refractivity contribution in [1.82, 2.24) is 5.32 Å². The highest BCUT2D eigenvalue weighted by Gasteiger charge is 2.14. The molecule has 0 aromatic heterocycles. The van der Waals surface area contributed by atoms with Crippen LogP contribution in [0.1, 0.15) is 36.9 Å². The smallest absolute Gasteiger partial charge is 0.0713 e. The van der Waals surface area contributed by atoms with Crippen LogP contribution in [0.4, 0.5) is 0 Å². The van der Waals surface area contributed by atoms with Crippen LogP contribution in [-0.4, -0.2) is 19.7 Å². The molecule has 0 aliphatic rings. The molecule has 3 heteroatoms. The van der Waals surface area contributed by atoms with E-state index in [9.17, 15) is 0 Å². The molecule has 0 heterocycles. The Kier molecular flexibility index (Phi) is 7.20. The SMILES string of the molecule is C#CC(CCC)NC(CN)c1cccc(COC)c1. The molecule has 0 saturated heterocycles. The molecule has 3 nitrogen and oxygen atoms in total. The van der Waals surface area contributed by atoms with Crippen molar-refractivity contribution >= 4 is 0 Å². The number of ether oxygens (including phenoxy) is 1. The molecule has 0 radical (unpaired) electrons. The first-order chi connectivity index (χ1) is 9.24. The summed E-state index contributed by atoms with van der Waals surface area (Å²) in [5.41, 5.74) is 8.17. The van der Waals surface area contributed by atoms with Crippen molar-refractivity contribution in [1.29, 1.82) is 0 Å². The second-order valence-electron chi connectivity index (χ2n) is 4.64. The molecule has 2 atom stereocenters. The highest BCUT2D eigenvalue weighted by Crippen LogP contribution is 2.16. The van der Waals surface area contributed by atoms with Crippen LogP contribution >= 0.6 is 0 Å². The average molecular weight is 260 g/mol. The quantitative estimate of drug-likeness (QED) is 0.705. The lowest BCUT2D eigenvalue weighted by Gasteiger charge is -2.22. The summed E-state index contributed by atoms with van der Waals surface area (Å²) in [4.78, 5) is 0. The summed E-state index contributed by atoms with van der Waals surface area (Å²) in [6.07, 6.45) is 7.57. The van der Waals surface area contributed by atoms with Crippen molar-refractivity contribution in [3.05, 3.63) is 35.4 Å². The van der Waals surface area contributed by atoms with E-state index in [0.29, 0.717) is 13.2 Å². The van der Waals surface area contributed by atoms with E-state index in [2.05, 4.69) is 30.3 Å². The molecule has 0 aliphatic heterocycles. The normalized spacial score (nSPS) is 13.8. The van der Waals surface area contributed by atoms with Crippen LogP contribution in [0, 0.1) is 12.3 Å². The minimum Gasteiger partial charge on any atom is -0.380 e. The summed E-state index contributed by atoms with van der Waals surface area (Å²) < 4.78 is 5.15. The summed E-state index contributed by atoms with van der Waals surface area (Å²) in [6.45, 7) is 3.26. The lowest BCUT2D eigenvalue weighted by molar-refractivity contribution is 0.185. The molecule has 0 amide bonds. The molecule has 0 fully saturated rings. The molecule has 3 N–H and O–H groups in total. The fourth-order valence-corrected chi connectivity index (χ4v) is 2.11. The lowest BCUT2D eigenvalue weighted by Crippen LogP contribution is -2.35. The van der Waals surface area contributed by atoms with Gasteiger partial charge >= 0.3 is 0 Å². The first kappa shape index (κ1) is 15.7. The number of rotatable bonds is 8. The Balaban J connectivity index is 2.78. The van der Waals surface area contributed by atoms with Crippen LogP contribution in [0.15, 0.2) is 24.3 Å². The van der Waals surface area contributed by atoms with Crippen LogP contribution in [0.3, 0.4) is 0 Å². The minimum absolute atomic E-state index is 0.0737. The molecule has 1 aromatic carbocycles. The van der Waals surface area contributed by atoms with Gasteiger partial charge in [-0.3, -0.25) is 5.32 Å². The molecular weight excluding hydrogens is 236 g/mol.